The molecule has 0 aromatic heterocycles. The molecule has 1 amide bonds. The molecule has 3 aromatic carbocycles. The molecule has 1 aliphatic rings. The lowest BCUT2D eigenvalue weighted by atomic mass is 10.0. The van der Waals surface area contributed by atoms with Crippen LogP contribution < -0.4 is 10.2 Å². The Morgan fingerprint density at radius 2 is 1.60 bits per heavy atom. The summed E-state index contributed by atoms with van der Waals surface area (Å²) in [5, 5.41) is 3.66. The summed E-state index contributed by atoms with van der Waals surface area (Å²) in [5.74, 6) is -0.450. The largest absolute Gasteiger partial charge is 0.369 e. The quantitative estimate of drug-likeness (QED) is 0.628. The van der Waals surface area contributed by atoms with Crippen LogP contribution in [-0.2, 0) is 4.79 Å². The molecule has 0 bridgehead atoms. The van der Waals surface area contributed by atoms with Crippen LogP contribution in [0.1, 0.15) is 11.6 Å². The number of benzene rings is 3. The van der Waals surface area contributed by atoms with Crippen molar-refractivity contribution in [3.05, 3.63) is 95.3 Å². The van der Waals surface area contributed by atoms with Gasteiger partial charge in [0.2, 0.25) is 5.91 Å². The highest BCUT2D eigenvalue weighted by molar-refractivity contribution is 6.30. The van der Waals surface area contributed by atoms with Crippen molar-refractivity contribution in [2.75, 3.05) is 36.4 Å². The minimum atomic E-state index is -0.419. The third-order valence-corrected chi connectivity index (χ3v) is 5.56. The Bertz CT molecular complexity index is 989. The van der Waals surface area contributed by atoms with Crippen molar-refractivity contribution in [1.82, 2.24) is 4.90 Å². The summed E-state index contributed by atoms with van der Waals surface area (Å²) < 4.78 is 13.2. The summed E-state index contributed by atoms with van der Waals surface area (Å²) in [5.41, 5.74) is 2.61. The first-order valence-electron chi connectivity index (χ1n) is 9.96. The highest BCUT2D eigenvalue weighted by Crippen LogP contribution is 2.27. The van der Waals surface area contributed by atoms with E-state index in [2.05, 4.69) is 21.2 Å². The molecule has 154 valence electrons. The van der Waals surface area contributed by atoms with Gasteiger partial charge >= 0.3 is 0 Å². The van der Waals surface area contributed by atoms with Crippen LogP contribution in [0.15, 0.2) is 78.9 Å². The summed E-state index contributed by atoms with van der Waals surface area (Å²) in [7, 11) is 0. The number of piperazine rings is 1. The van der Waals surface area contributed by atoms with Crippen molar-refractivity contribution in [1.29, 1.82) is 0 Å². The molecular formula is C24H23ClFN3O. The Hall–Kier alpha value is -2.89. The highest BCUT2D eigenvalue weighted by Gasteiger charge is 2.30. The zero-order valence-electron chi connectivity index (χ0n) is 16.5. The van der Waals surface area contributed by atoms with Gasteiger partial charge in [0.05, 0.1) is 0 Å². The van der Waals surface area contributed by atoms with Gasteiger partial charge in [0.15, 0.2) is 0 Å². The van der Waals surface area contributed by atoms with E-state index in [0.717, 1.165) is 42.5 Å². The Morgan fingerprint density at radius 1 is 0.900 bits per heavy atom. The van der Waals surface area contributed by atoms with E-state index in [1.54, 1.807) is 12.1 Å². The van der Waals surface area contributed by atoms with E-state index in [4.69, 9.17) is 11.6 Å². The Kier molecular flexibility index (Phi) is 6.31. The molecule has 1 N–H and O–H groups in total. The lowest BCUT2D eigenvalue weighted by Crippen LogP contribution is -2.50. The van der Waals surface area contributed by atoms with Crippen molar-refractivity contribution in [3.8, 4) is 0 Å². The molecule has 4 nitrogen and oxygen atoms in total. The predicted molar refractivity (Wildman–Crippen MR) is 119 cm³/mol. The smallest absolute Gasteiger partial charge is 0.246 e. The summed E-state index contributed by atoms with van der Waals surface area (Å²) in [4.78, 5) is 17.7. The second-order valence-corrected chi connectivity index (χ2v) is 7.75. The molecule has 3 aromatic rings. The molecule has 0 unspecified atom stereocenters. The van der Waals surface area contributed by atoms with Gasteiger partial charge in [0, 0.05) is 42.6 Å². The summed E-state index contributed by atoms with van der Waals surface area (Å²) in [6, 6.07) is 23.0. The van der Waals surface area contributed by atoms with Crippen molar-refractivity contribution < 1.29 is 9.18 Å². The van der Waals surface area contributed by atoms with Crippen molar-refractivity contribution in [2.45, 2.75) is 6.04 Å². The Balaban J connectivity index is 1.50. The molecule has 1 atom stereocenters. The van der Waals surface area contributed by atoms with Gasteiger partial charge in [-0.15, -0.1) is 0 Å². The second-order valence-electron chi connectivity index (χ2n) is 7.31. The predicted octanol–water partition coefficient (Wildman–Crippen LogP) is 4.98. The van der Waals surface area contributed by atoms with Crippen LogP contribution in [0.3, 0.4) is 0 Å². The number of anilines is 2. The first-order valence-corrected chi connectivity index (χ1v) is 10.3. The van der Waals surface area contributed by atoms with Crippen LogP contribution >= 0.6 is 11.6 Å². The zero-order chi connectivity index (χ0) is 20.9. The lowest BCUT2D eigenvalue weighted by molar-refractivity contribution is -0.121. The van der Waals surface area contributed by atoms with E-state index >= 15 is 0 Å². The van der Waals surface area contributed by atoms with Crippen LogP contribution in [0.25, 0.3) is 0 Å². The lowest BCUT2D eigenvalue weighted by Gasteiger charge is -2.39. The number of hydrogen-bond acceptors (Lipinski definition) is 3. The van der Waals surface area contributed by atoms with E-state index in [-0.39, 0.29) is 11.7 Å². The number of nitrogens with one attached hydrogen (secondary N) is 1. The Morgan fingerprint density at radius 3 is 2.27 bits per heavy atom. The van der Waals surface area contributed by atoms with E-state index in [1.807, 2.05) is 48.5 Å². The first-order chi connectivity index (χ1) is 14.6. The summed E-state index contributed by atoms with van der Waals surface area (Å²) in [6.45, 7) is 3.08. The van der Waals surface area contributed by atoms with Crippen LogP contribution in [0.4, 0.5) is 15.8 Å². The van der Waals surface area contributed by atoms with E-state index in [1.165, 1.54) is 12.1 Å². The van der Waals surface area contributed by atoms with Crippen LogP contribution in [0, 0.1) is 5.82 Å². The fourth-order valence-electron chi connectivity index (χ4n) is 3.82. The molecule has 30 heavy (non-hydrogen) atoms. The topological polar surface area (TPSA) is 35.6 Å². The maximum absolute atomic E-state index is 13.2. The fraction of sp³-hybridized carbons (Fsp3) is 0.208. The SMILES string of the molecule is O=C(Nc1ccc(F)cc1)[C@@H](c1ccccc1)N1CCN(c2cccc(Cl)c2)CC1. The van der Waals surface area contributed by atoms with E-state index in [9.17, 15) is 9.18 Å². The van der Waals surface area contributed by atoms with Gasteiger partial charge in [-0.2, -0.15) is 0 Å². The number of nitrogens with zero attached hydrogens (tertiary/aromatic N) is 2. The van der Waals surface area contributed by atoms with Gasteiger partial charge in [0.25, 0.3) is 0 Å². The monoisotopic (exact) mass is 423 g/mol. The van der Waals surface area contributed by atoms with Crippen LogP contribution in [0.5, 0.6) is 0 Å². The molecular weight excluding hydrogens is 401 g/mol. The molecule has 4 rings (SSSR count). The number of hydrogen-bond donors (Lipinski definition) is 1. The van der Waals surface area contributed by atoms with Crippen molar-refractivity contribution in [3.63, 3.8) is 0 Å². The van der Waals surface area contributed by atoms with E-state index < -0.39 is 6.04 Å². The third-order valence-electron chi connectivity index (χ3n) is 5.33. The molecule has 1 heterocycles. The number of halogens is 2. The standard InChI is InChI=1S/C24H23ClFN3O/c25-19-7-4-8-22(17-19)28-13-15-29(16-14-28)23(18-5-2-1-3-6-18)24(30)27-21-11-9-20(26)10-12-21/h1-12,17,23H,13-16H2,(H,27,30)/t23-/m1/s1. The average molecular weight is 424 g/mol. The van der Waals surface area contributed by atoms with Crippen LogP contribution in [-0.4, -0.2) is 37.0 Å². The minimum Gasteiger partial charge on any atom is -0.369 e. The second kappa shape index (κ2) is 9.28. The number of carbonyl (C=O) groups is 1. The zero-order valence-corrected chi connectivity index (χ0v) is 17.2. The van der Waals surface area contributed by atoms with Gasteiger partial charge in [-0.25, -0.2) is 4.39 Å². The molecule has 1 saturated heterocycles. The van der Waals surface area contributed by atoms with Gasteiger partial charge in [-0.05, 0) is 48.0 Å². The molecule has 0 aliphatic carbocycles. The summed E-state index contributed by atoms with van der Waals surface area (Å²) >= 11 is 6.14. The van der Waals surface area contributed by atoms with Gasteiger partial charge in [-0.3, -0.25) is 9.69 Å². The average Bonchev–Trinajstić information content (AvgIpc) is 2.77. The number of amides is 1. The maximum Gasteiger partial charge on any atom is 0.246 e. The first kappa shape index (κ1) is 20.4. The Labute approximate surface area is 180 Å². The van der Waals surface area contributed by atoms with Gasteiger partial charge in [-0.1, -0.05) is 48.0 Å². The molecule has 0 saturated carbocycles. The number of rotatable bonds is 5. The molecule has 0 spiro atoms. The number of carbonyl (C=O) groups excluding carboxylic acids is 1. The fourth-order valence-corrected chi connectivity index (χ4v) is 4.00. The molecule has 1 fully saturated rings. The third kappa shape index (κ3) is 4.81. The van der Waals surface area contributed by atoms with Gasteiger partial charge in [0.1, 0.15) is 11.9 Å². The normalized spacial score (nSPS) is 15.6. The highest BCUT2D eigenvalue weighted by atomic mass is 35.5. The minimum absolute atomic E-state index is 0.121. The molecule has 1 aliphatic heterocycles. The molecule has 0 radical (unpaired) electrons. The van der Waals surface area contributed by atoms with Crippen LogP contribution in [0.2, 0.25) is 5.02 Å². The van der Waals surface area contributed by atoms with Crippen molar-refractivity contribution in [2.24, 2.45) is 0 Å². The van der Waals surface area contributed by atoms with E-state index in [0.29, 0.717) is 5.69 Å². The maximum atomic E-state index is 13.2. The summed E-state index contributed by atoms with van der Waals surface area (Å²) in [6.07, 6.45) is 0. The van der Waals surface area contributed by atoms with Gasteiger partial charge < -0.3 is 10.2 Å². The van der Waals surface area contributed by atoms with Crippen molar-refractivity contribution >= 4 is 28.9 Å². The molecule has 6 heteroatoms.